The van der Waals surface area contributed by atoms with Gasteiger partial charge >= 0.3 is 0 Å². The summed E-state index contributed by atoms with van der Waals surface area (Å²) in [7, 11) is 0. The van der Waals surface area contributed by atoms with E-state index < -0.39 is 0 Å². The van der Waals surface area contributed by atoms with Gasteiger partial charge in [-0.05, 0) is 31.2 Å². The van der Waals surface area contributed by atoms with E-state index in [-0.39, 0.29) is 0 Å². The summed E-state index contributed by atoms with van der Waals surface area (Å²) in [5.41, 5.74) is 1.05. The maximum Gasteiger partial charge on any atom is 0.191 e. The van der Waals surface area contributed by atoms with Crippen molar-refractivity contribution < 1.29 is 4.74 Å². The predicted molar refractivity (Wildman–Crippen MR) is 94.1 cm³/mol. The Labute approximate surface area is 146 Å². The Morgan fingerprint density at radius 3 is 2.61 bits per heavy atom. The van der Waals surface area contributed by atoms with E-state index in [0.717, 1.165) is 66.7 Å². The number of morpholine rings is 1. The minimum atomic E-state index is 0.733. The van der Waals surface area contributed by atoms with E-state index in [1.54, 1.807) is 11.8 Å². The highest BCUT2D eigenvalue weighted by atomic mass is 35.5. The van der Waals surface area contributed by atoms with Crippen LogP contribution in [-0.4, -0.2) is 58.3 Å². The molecule has 0 saturated carbocycles. The van der Waals surface area contributed by atoms with Gasteiger partial charge in [-0.25, -0.2) is 0 Å². The molecule has 124 valence electrons. The molecule has 1 aromatic carbocycles. The van der Waals surface area contributed by atoms with Crippen molar-refractivity contribution in [3.63, 3.8) is 0 Å². The molecule has 0 amide bonds. The molecule has 2 heterocycles. The van der Waals surface area contributed by atoms with Gasteiger partial charge in [0.1, 0.15) is 0 Å². The second kappa shape index (κ2) is 8.15. The number of thioether (sulfide) groups is 1. The molecule has 0 bridgehead atoms. The Morgan fingerprint density at radius 2 is 1.91 bits per heavy atom. The van der Waals surface area contributed by atoms with Crippen molar-refractivity contribution in [2.24, 2.45) is 0 Å². The molecule has 2 aromatic rings. The first kappa shape index (κ1) is 16.8. The molecule has 0 spiro atoms. The fourth-order valence-electron chi connectivity index (χ4n) is 2.58. The predicted octanol–water partition coefficient (Wildman–Crippen LogP) is 3.04. The van der Waals surface area contributed by atoms with E-state index in [4.69, 9.17) is 16.3 Å². The highest BCUT2D eigenvalue weighted by Crippen LogP contribution is 2.25. The van der Waals surface area contributed by atoms with E-state index in [9.17, 15) is 0 Å². The van der Waals surface area contributed by atoms with Crippen molar-refractivity contribution in [1.82, 2.24) is 19.7 Å². The van der Waals surface area contributed by atoms with Crippen LogP contribution in [0.15, 0.2) is 29.4 Å². The Morgan fingerprint density at radius 1 is 1.17 bits per heavy atom. The van der Waals surface area contributed by atoms with Gasteiger partial charge in [0.25, 0.3) is 0 Å². The van der Waals surface area contributed by atoms with Gasteiger partial charge in [0.2, 0.25) is 0 Å². The third-order valence-electron chi connectivity index (χ3n) is 3.88. The summed E-state index contributed by atoms with van der Waals surface area (Å²) >= 11 is 7.72. The minimum Gasteiger partial charge on any atom is -0.379 e. The lowest BCUT2D eigenvalue weighted by Gasteiger charge is -2.26. The normalized spacial score (nSPS) is 15.9. The molecule has 7 heteroatoms. The molecule has 1 aliphatic heterocycles. The van der Waals surface area contributed by atoms with Gasteiger partial charge < -0.3 is 9.30 Å². The number of rotatable bonds is 6. The molecule has 0 unspecified atom stereocenters. The van der Waals surface area contributed by atoms with Crippen molar-refractivity contribution in [2.45, 2.75) is 18.6 Å². The van der Waals surface area contributed by atoms with Gasteiger partial charge in [0.15, 0.2) is 11.0 Å². The van der Waals surface area contributed by atoms with Gasteiger partial charge in [-0.2, -0.15) is 0 Å². The van der Waals surface area contributed by atoms with Crippen LogP contribution in [0.5, 0.6) is 0 Å². The van der Waals surface area contributed by atoms with Gasteiger partial charge in [-0.15, -0.1) is 10.2 Å². The van der Waals surface area contributed by atoms with Gasteiger partial charge in [-0.3, -0.25) is 4.90 Å². The fraction of sp³-hybridized carbons (Fsp3) is 0.500. The number of halogens is 1. The second-order valence-corrected chi connectivity index (χ2v) is 6.86. The van der Waals surface area contributed by atoms with E-state index >= 15 is 0 Å². The third-order valence-corrected chi connectivity index (χ3v) is 5.08. The third kappa shape index (κ3) is 4.26. The maximum absolute atomic E-state index is 5.96. The summed E-state index contributed by atoms with van der Waals surface area (Å²) in [6.07, 6.45) is 0. The number of aromatic nitrogens is 3. The number of benzene rings is 1. The van der Waals surface area contributed by atoms with Crippen LogP contribution in [0.4, 0.5) is 0 Å². The summed E-state index contributed by atoms with van der Waals surface area (Å²) < 4.78 is 7.54. The van der Waals surface area contributed by atoms with E-state index in [1.807, 2.05) is 24.3 Å². The molecular weight excluding hydrogens is 332 g/mol. The van der Waals surface area contributed by atoms with Crippen LogP contribution in [0.25, 0.3) is 11.4 Å². The highest BCUT2D eigenvalue weighted by Gasteiger charge is 2.14. The first-order valence-corrected chi connectivity index (χ1v) is 9.26. The minimum absolute atomic E-state index is 0.733. The standard InChI is InChI=1S/C16H21ClN4OS/c1-2-21-15(13-3-5-14(17)6-4-13)18-19-16(21)23-12-9-20-7-10-22-11-8-20/h3-6H,2,7-12H2,1H3. The molecular formula is C16H21ClN4OS. The Bertz CT molecular complexity index is 626. The molecule has 0 aliphatic carbocycles. The van der Waals surface area contributed by atoms with E-state index in [2.05, 4.69) is 26.6 Å². The van der Waals surface area contributed by atoms with Crippen LogP contribution in [0.2, 0.25) is 5.02 Å². The van der Waals surface area contributed by atoms with Crippen LogP contribution in [0.1, 0.15) is 6.92 Å². The average molecular weight is 353 g/mol. The number of ether oxygens (including phenoxy) is 1. The molecule has 1 saturated heterocycles. The van der Waals surface area contributed by atoms with Crippen LogP contribution in [0.3, 0.4) is 0 Å². The first-order chi connectivity index (χ1) is 11.3. The Kier molecular flexibility index (Phi) is 5.94. The number of nitrogens with zero attached hydrogens (tertiary/aromatic N) is 4. The molecule has 1 fully saturated rings. The van der Waals surface area contributed by atoms with Crippen LogP contribution in [-0.2, 0) is 11.3 Å². The van der Waals surface area contributed by atoms with Crippen LogP contribution >= 0.6 is 23.4 Å². The average Bonchev–Trinajstić information content (AvgIpc) is 2.99. The second-order valence-electron chi connectivity index (χ2n) is 5.36. The Hall–Kier alpha value is -1.08. The Balaban J connectivity index is 1.64. The zero-order valence-electron chi connectivity index (χ0n) is 13.2. The van der Waals surface area contributed by atoms with Crippen LogP contribution < -0.4 is 0 Å². The molecule has 5 nitrogen and oxygen atoms in total. The lowest BCUT2D eigenvalue weighted by Crippen LogP contribution is -2.37. The number of hydrogen-bond donors (Lipinski definition) is 0. The van der Waals surface area contributed by atoms with Crippen molar-refractivity contribution in [2.75, 3.05) is 38.6 Å². The molecule has 23 heavy (non-hydrogen) atoms. The van der Waals surface area contributed by atoms with E-state index in [0.29, 0.717) is 0 Å². The zero-order chi connectivity index (χ0) is 16.1. The first-order valence-electron chi connectivity index (χ1n) is 7.90. The number of hydrogen-bond acceptors (Lipinski definition) is 5. The molecule has 0 atom stereocenters. The summed E-state index contributed by atoms with van der Waals surface area (Å²) in [6, 6.07) is 7.75. The van der Waals surface area contributed by atoms with Crippen molar-refractivity contribution in [3.8, 4) is 11.4 Å². The van der Waals surface area contributed by atoms with Gasteiger partial charge in [0, 0.05) is 42.5 Å². The molecule has 0 N–H and O–H groups in total. The van der Waals surface area contributed by atoms with Crippen molar-refractivity contribution >= 4 is 23.4 Å². The van der Waals surface area contributed by atoms with Gasteiger partial charge in [-0.1, -0.05) is 23.4 Å². The molecule has 1 aromatic heterocycles. The maximum atomic E-state index is 5.96. The quantitative estimate of drug-likeness (QED) is 0.747. The monoisotopic (exact) mass is 352 g/mol. The summed E-state index contributed by atoms with van der Waals surface area (Å²) in [5.74, 6) is 1.91. The highest BCUT2D eigenvalue weighted by molar-refractivity contribution is 7.99. The molecule has 1 aliphatic rings. The molecule has 3 rings (SSSR count). The van der Waals surface area contributed by atoms with Crippen molar-refractivity contribution in [3.05, 3.63) is 29.3 Å². The SMILES string of the molecule is CCn1c(SCCN2CCOCC2)nnc1-c1ccc(Cl)cc1. The topological polar surface area (TPSA) is 43.2 Å². The van der Waals surface area contributed by atoms with Crippen molar-refractivity contribution in [1.29, 1.82) is 0 Å². The smallest absolute Gasteiger partial charge is 0.191 e. The van der Waals surface area contributed by atoms with Gasteiger partial charge in [0.05, 0.1) is 13.2 Å². The molecule has 0 radical (unpaired) electrons. The lowest BCUT2D eigenvalue weighted by atomic mass is 10.2. The summed E-state index contributed by atoms with van der Waals surface area (Å²) in [4.78, 5) is 2.43. The summed E-state index contributed by atoms with van der Waals surface area (Å²) in [5, 5.41) is 10.4. The van der Waals surface area contributed by atoms with E-state index in [1.165, 1.54) is 0 Å². The largest absolute Gasteiger partial charge is 0.379 e. The summed E-state index contributed by atoms with van der Waals surface area (Å²) in [6.45, 7) is 7.77. The lowest BCUT2D eigenvalue weighted by molar-refractivity contribution is 0.0410. The fourth-order valence-corrected chi connectivity index (χ4v) is 3.71. The zero-order valence-corrected chi connectivity index (χ0v) is 14.8. The van der Waals surface area contributed by atoms with Crippen LogP contribution in [0, 0.1) is 0 Å².